The molecule has 0 N–H and O–H groups in total. The standard InChI is InChI=1S/C11H10F4/c1-7-2-3-9-8(6-7)4-5-10(9,12)11(13,14)15/h2-3,6H,4-5H2,1H3. The molecular formula is C11H10F4. The highest BCUT2D eigenvalue weighted by Gasteiger charge is 2.59. The van der Waals surface area contributed by atoms with Crippen molar-refractivity contribution in [1.82, 2.24) is 0 Å². The number of hydrogen-bond donors (Lipinski definition) is 0. The Morgan fingerprint density at radius 3 is 2.53 bits per heavy atom. The molecule has 0 nitrogen and oxygen atoms in total. The number of rotatable bonds is 0. The minimum Gasteiger partial charge on any atom is -0.229 e. The first kappa shape index (κ1) is 10.5. The van der Waals surface area contributed by atoms with E-state index in [4.69, 9.17) is 0 Å². The Morgan fingerprint density at radius 2 is 1.93 bits per heavy atom. The summed E-state index contributed by atoms with van der Waals surface area (Å²) in [6.45, 7) is 1.78. The van der Waals surface area contributed by atoms with Crippen molar-refractivity contribution < 1.29 is 17.6 Å². The van der Waals surface area contributed by atoms with Gasteiger partial charge < -0.3 is 0 Å². The number of fused-ring (bicyclic) bond motifs is 1. The summed E-state index contributed by atoms with van der Waals surface area (Å²) >= 11 is 0. The van der Waals surface area contributed by atoms with Crippen LogP contribution in [-0.2, 0) is 12.1 Å². The zero-order valence-corrected chi connectivity index (χ0v) is 8.16. The van der Waals surface area contributed by atoms with Gasteiger partial charge in [-0.05, 0) is 25.3 Å². The van der Waals surface area contributed by atoms with E-state index in [-0.39, 0.29) is 12.0 Å². The van der Waals surface area contributed by atoms with Crippen LogP contribution in [0, 0.1) is 6.92 Å². The van der Waals surface area contributed by atoms with E-state index in [1.807, 2.05) is 0 Å². The van der Waals surface area contributed by atoms with Gasteiger partial charge in [0.15, 0.2) is 0 Å². The number of benzene rings is 1. The van der Waals surface area contributed by atoms with Crippen molar-refractivity contribution in [3.8, 4) is 0 Å². The number of aryl methyl sites for hydroxylation is 2. The fraction of sp³-hybridized carbons (Fsp3) is 0.455. The molecule has 1 atom stereocenters. The fourth-order valence-corrected chi connectivity index (χ4v) is 2.05. The molecule has 1 aliphatic carbocycles. The third-order valence-corrected chi connectivity index (χ3v) is 2.88. The molecule has 2 rings (SSSR count). The summed E-state index contributed by atoms with van der Waals surface area (Å²) in [6.07, 6.45) is -5.14. The maximum atomic E-state index is 13.8. The monoisotopic (exact) mass is 218 g/mol. The van der Waals surface area contributed by atoms with E-state index in [0.29, 0.717) is 5.56 Å². The maximum absolute atomic E-state index is 13.8. The molecule has 0 saturated carbocycles. The molecule has 0 amide bonds. The normalized spacial score (nSPS) is 25.4. The molecule has 0 aromatic heterocycles. The van der Waals surface area contributed by atoms with E-state index in [9.17, 15) is 17.6 Å². The van der Waals surface area contributed by atoms with E-state index in [1.54, 1.807) is 13.0 Å². The molecule has 0 radical (unpaired) electrons. The van der Waals surface area contributed by atoms with E-state index in [0.717, 1.165) is 5.56 Å². The van der Waals surface area contributed by atoms with Gasteiger partial charge in [-0.25, -0.2) is 4.39 Å². The fourth-order valence-electron chi connectivity index (χ4n) is 2.05. The lowest BCUT2D eigenvalue weighted by atomic mass is 9.96. The highest BCUT2D eigenvalue weighted by atomic mass is 19.4. The molecule has 4 heteroatoms. The lowest BCUT2D eigenvalue weighted by Gasteiger charge is -2.24. The van der Waals surface area contributed by atoms with Crippen molar-refractivity contribution in [1.29, 1.82) is 0 Å². The van der Waals surface area contributed by atoms with Crippen LogP contribution in [0.3, 0.4) is 0 Å². The van der Waals surface area contributed by atoms with Crippen molar-refractivity contribution in [3.05, 3.63) is 34.9 Å². The summed E-state index contributed by atoms with van der Waals surface area (Å²) in [7, 11) is 0. The highest BCUT2D eigenvalue weighted by molar-refractivity contribution is 5.41. The SMILES string of the molecule is Cc1ccc2c(c1)CCC2(F)C(F)(F)F. The molecular weight excluding hydrogens is 208 g/mol. The van der Waals surface area contributed by atoms with Crippen LogP contribution in [0.4, 0.5) is 17.6 Å². The Bertz CT molecular complexity index is 394. The molecule has 1 aromatic rings. The zero-order valence-electron chi connectivity index (χ0n) is 8.16. The van der Waals surface area contributed by atoms with E-state index in [2.05, 4.69) is 0 Å². The van der Waals surface area contributed by atoms with Crippen molar-refractivity contribution in [2.75, 3.05) is 0 Å². The van der Waals surface area contributed by atoms with Crippen molar-refractivity contribution >= 4 is 0 Å². The molecule has 1 aromatic carbocycles. The Balaban J connectivity index is 2.53. The van der Waals surface area contributed by atoms with Gasteiger partial charge in [0, 0.05) is 5.56 Å². The van der Waals surface area contributed by atoms with Gasteiger partial charge in [0.2, 0.25) is 5.67 Å². The summed E-state index contributed by atoms with van der Waals surface area (Å²) in [4.78, 5) is 0. The van der Waals surface area contributed by atoms with Gasteiger partial charge in [-0.1, -0.05) is 23.8 Å². The van der Waals surface area contributed by atoms with Crippen molar-refractivity contribution in [3.63, 3.8) is 0 Å². The molecule has 0 aliphatic heterocycles. The predicted octanol–water partition coefficient (Wildman–Crippen LogP) is 3.67. The summed E-state index contributed by atoms with van der Waals surface area (Å²) in [5, 5.41) is 0. The highest BCUT2D eigenvalue weighted by Crippen LogP contribution is 2.51. The lowest BCUT2D eigenvalue weighted by molar-refractivity contribution is -0.234. The van der Waals surface area contributed by atoms with Gasteiger partial charge in [-0.2, -0.15) is 13.2 Å². The van der Waals surface area contributed by atoms with Crippen molar-refractivity contribution in [2.45, 2.75) is 31.6 Å². The van der Waals surface area contributed by atoms with Gasteiger partial charge in [0.25, 0.3) is 0 Å². The summed E-state index contributed by atoms with van der Waals surface area (Å²) < 4.78 is 51.5. The van der Waals surface area contributed by atoms with Crippen LogP contribution in [0.15, 0.2) is 18.2 Å². The largest absolute Gasteiger partial charge is 0.426 e. The average molecular weight is 218 g/mol. The average Bonchev–Trinajstić information content (AvgIpc) is 2.43. The van der Waals surface area contributed by atoms with Crippen molar-refractivity contribution in [2.24, 2.45) is 0 Å². The second-order valence-electron chi connectivity index (χ2n) is 3.96. The second kappa shape index (κ2) is 2.97. The zero-order chi connectivity index (χ0) is 11.3. The molecule has 0 saturated heterocycles. The Hall–Kier alpha value is -1.06. The third-order valence-electron chi connectivity index (χ3n) is 2.88. The van der Waals surface area contributed by atoms with Gasteiger partial charge in [0.05, 0.1) is 0 Å². The molecule has 0 bridgehead atoms. The van der Waals surface area contributed by atoms with E-state index >= 15 is 0 Å². The Kier molecular flexibility index (Phi) is 2.07. The number of halogens is 4. The maximum Gasteiger partial charge on any atom is 0.426 e. The van der Waals surface area contributed by atoms with Crippen LogP contribution in [0.25, 0.3) is 0 Å². The second-order valence-corrected chi connectivity index (χ2v) is 3.96. The molecule has 0 spiro atoms. The minimum atomic E-state index is -4.81. The molecule has 1 unspecified atom stereocenters. The van der Waals surface area contributed by atoms with Crippen LogP contribution in [0.5, 0.6) is 0 Å². The van der Waals surface area contributed by atoms with Gasteiger partial charge in [-0.15, -0.1) is 0 Å². The molecule has 15 heavy (non-hydrogen) atoms. The smallest absolute Gasteiger partial charge is 0.229 e. The number of alkyl halides is 4. The summed E-state index contributed by atoms with van der Waals surface area (Å²) in [5.74, 6) is 0. The van der Waals surface area contributed by atoms with Crippen LogP contribution in [0.2, 0.25) is 0 Å². The van der Waals surface area contributed by atoms with Crippen LogP contribution in [-0.4, -0.2) is 6.18 Å². The first-order chi connectivity index (χ1) is 6.84. The Morgan fingerprint density at radius 1 is 1.27 bits per heavy atom. The Labute approximate surface area is 84.9 Å². The van der Waals surface area contributed by atoms with Gasteiger partial charge in [0.1, 0.15) is 0 Å². The third kappa shape index (κ3) is 1.43. The molecule has 0 fully saturated rings. The lowest BCUT2D eigenvalue weighted by Crippen LogP contribution is -2.35. The van der Waals surface area contributed by atoms with Crippen LogP contribution in [0.1, 0.15) is 23.1 Å². The molecule has 82 valence electrons. The van der Waals surface area contributed by atoms with Gasteiger partial charge in [-0.3, -0.25) is 0 Å². The number of hydrogen-bond acceptors (Lipinski definition) is 0. The first-order valence-corrected chi connectivity index (χ1v) is 4.70. The van der Waals surface area contributed by atoms with E-state index < -0.39 is 18.3 Å². The summed E-state index contributed by atoms with van der Waals surface area (Å²) in [5.41, 5.74) is -2.01. The van der Waals surface area contributed by atoms with Crippen LogP contribution >= 0.6 is 0 Å². The quantitative estimate of drug-likeness (QED) is 0.583. The molecule has 1 aliphatic rings. The molecule has 0 heterocycles. The van der Waals surface area contributed by atoms with E-state index in [1.165, 1.54) is 12.1 Å². The first-order valence-electron chi connectivity index (χ1n) is 4.70. The minimum absolute atomic E-state index is 0.160. The summed E-state index contributed by atoms with van der Waals surface area (Å²) in [6, 6.07) is 4.40. The van der Waals surface area contributed by atoms with Gasteiger partial charge >= 0.3 is 6.18 Å². The predicted molar refractivity (Wildman–Crippen MR) is 48.3 cm³/mol. The topological polar surface area (TPSA) is 0 Å². The van der Waals surface area contributed by atoms with Crippen LogP contribution < -0.4 is 0 Å².